The van der Waals surface area contributed by atoms with Crippen molar-refractivity contribution in [3.05, 3.63) is 41.2 Å². The molecule has 0 bridgehead atoms. The van der Waals surface area contributed by atoms with E-state index < -0.39 is 5.97 Å². The first-order valence-electron chi connectivity index (χ1n) is 6.78. The second kappa shape index (κ2) is 6.48. The molecule has 0 fully saturated rings. The predicted octanol–water partition coefficient (Wildman–Crippen LogP) is 2.76. The lowest BCUT2D eigenvalue weighted by Gasteiger charge is -2.20. The lowest BCUT2D eigenvalue weighted by molar-refractivity contribution is 0.0690. The number of hydrogen-bond donors (Lipinski definition) is 2. The second-order valence-electron chi connectivity index (χ2n) is 4.95. The molecule has 1 aromatic rings. The lowest BCUT2D eigenvalue weighted by Crippen LogP contribution is -2.28. The van der Waals surface area contributed by atoms with Gasteiger partial charge in [0, 0.05) is 12.6 Å². The first-order valence-corrected chi connectivity index (χ1v) is 6.78. The van der Waals surface area contributed by atoms with Gasteiger partial charge in [-0.2, -0.15) is 0 Å². The third-order valence-electron chi connectivity index (χ3n) is 3.50. The fourth-order valence-electron chi connectivity index (χ4n) is 2.34. The van der Waals surface area contributed by atoms with E-state index in [2.05, 4.69) is 23.3 Å². The fraction of sp³-hybridized carbons (Fsp3) is 0.467. The quantitative estimate of drug-likeness (QED) is 0.799. The Morgan fingerprint density at radius 2 is 2.32 bits per heavy atom. The van der Waals surface area contributed by atoms with Crippen LogP contribution in [-0.2, 0) is 6.54 Å². The molecule has 2 N–H and O–H groups in total. The summed E-state index contributed by atoms with van der Waals surface area (Å²) in [6.07, 6.45) is 7.22. The summed E-state index contributed by atoms with van der Waals surface area (Å²) in [6, 6.07) is 5.42. The minimum absolute atomic E-state index is 0.101. The summed E-state index contributed by atoms with van der Waals surface area (Å²) in [6.45, 7) is 2.75. The van der Waals surface area contributed by atoms with Gasteiger partial charge in [0.05, 0.1) is 5.69 Å². The van der Waals surface area contributed by atoms with E-state index in [9.17, 15) is 4.79 Å². The Kier molecular flexibility index (Phi) is 4.68. The monoisotopic (exact) mass is 260 g/mol. The maximum absolute atomic E-state index is 10.8. The molecule has 0 saturated heterocycles. The molecule has 1 aromatic heterocycles. The van der Waals surface area contributed by atoms with Gasteiger partial charge in [0.25, 0.3) is 0 Å². The van der Waals surface area contributed by atoms with Gasteiger partial charge in [-0.25, -0.2) is 9.78 Å². The van der Waals surface area contributed by atoms with E-state index in [1.807, 2.05) is 6.07 Å². The molecule has 4 heteroatoms. The van der Waals surface area contributed by atoms with Crippen molar-refractivity contribution in [1.29, 1.82) is 0 Å². The number of carboxylic acids is 1. The Morgan fingerprint density at radius 1 is 1.47 bits per heavy atom. The molecular weight excluding hydrogens is 240 g/mol. The number of nitrogens with zero attached hydrogens (tertiary/aromatic N) is 1. The van der Waals surface area contributed by atoms with Gasteiger partial charge in [-0.05, 0) is 44.7 Å². The number of rotatable bonds is 5. The molecule has 0 spiro atoms. The van der Waals surface area contributed by atoms with Gasteiger partial charge in [0.15, 0.2) is 0 Å². The smallest absolute Gasteiger partial charge is 0.354 e. The van der Waals surface area contributed by atoms with Crippen LogP contribution in [0.25, 0.3) is 0 Å². The summed E-state index contributed by atoms with van der Waals surface area (Å²) < 4.78 is 0. The van der Waals surface area contributed by atoms with Crippen LogP contribution in [0, 0.1) is 0 Å². The molecule has 0 saturated carbocycles. The van der Waals surface area contributed by atoms with Crippen LogP contribution < -0.4 is 5.32 Å². The normalized spacial score (nSPS) is 16.8. The molecule has 2 rings (SSSR count). The predicted molar refractivity (Wildman–Crippen MR) is 74.0 cm³/mol. The van der Waals surface area contributed by atoms with Gasteiger partial charge < -0.3 is 10.4 Å². The van der Waals surface area contributed by atoms with Crippen LogP contribution in [0.3, 0.4) is 0 Å². The van der Waals surface area contributed by atoms with Crippen LogP contribution in [-0.4, -0.2) is 22.1 Å². The molecule has 19 heavy (non-hydrogen) atoms. The SMILES string of the molecule is CC(NCc1cccc(C(=O)O)n1)C1=CCCCC1. The largest absolute Gasteiger partial charge is 0.477 e. The highest BCUT2D eigenvalue weighted by atomic mass is 16.4. The molecule has 1 aliphatic rings. The number of aromatic nitrogens is 1. The molecular formula is C15H20N2O2. The summed E-state index contributed by atoms with van der Waals surface area (Å²) in [5, 5.41) is 12.3. The number of aromatic carboxylic acids is 1. The van der Waals surface area contributed by atoms with Crippen LogP contribution in [0.4, 0.5) is 0 Å². The highest BCUT2D eigenvalue weighted by Gasteiger charge is 2.11. The van der Waals surface area contributed by atoms with Crippen molar-refractivity contribution < 1.29 is 9.90 Å². The third kappa shape index (κ3) is 3.89. The van der Waals surface area contributed by atoms with Crippen LogP contribution >= 0.6 is 0 Å². The van der Waals surface area contributed by atoms with Crippen molar-refractivity contribution in [1.82, 2.24) is 10.3 Å². The van der Waals surface area contributed by atoms with Crippen molar-refractivity contribution in [2.75, 3.05) is 0 Å². The molecule has 1 heterocycles. The summed E-state index contributed by atoms with van der Waals surface area (Å²) in [5.41, 5.74) is 2.33. The third-order valence-corrected chi connectivity index (χ3v) is 3.50. The summed E-state index contributed by atoms with van der Waals surface area (Å²) in [4.78, 5) is 15.0. The number of allylic oxidation sites excluding steroid dienone is 1. The van der Waals surface area contributed by atoms with E-state index >= 15 is 0 Å². The zero-order chi connectivity index (χ0) is 13.7. The molecule has 0 radical (unpaired) electrons. The van der Waals surface area contributed by atoms with Gasteiger partial charge in [0.2, 0.25) is 0 Å². The Labute approximate surface area is 113 Å². The lowest BCUT2D eigenvalue weighted by atomic mass is 9.95. The number of carbonyl (C=O) groups is 1. The molecule has 102 valence electrons. The first-order chi connectivity index (χ1) is 9.16. The highest BCUT2D eigenvalue weighted by Crippen LogP contribution is 2.20. The Bertz CT molecular complexity index is 483. The number of hydrogen-bond acceptors (Lipinski definition) is 3. The van der Waals surface area contributed by atoms with Crippen LogP contribution in [0.1, 0.15) is 48.8 Å². The Balaban J connectivity index is 1.93. The minimum atomic E-state index is -0.982. The van der Waals surface area contributed by atoms with Gasteiger partial charge >= 0.3 is 5.97 Å². The van der Waals surface area contributed by atoms with Crippen molar-refractivity contribution in [2.24, 2.45) is 0 Å². The van der Waals surface area contributed by atoms with Gasteiger partial charge in [-0.3, -0.25) is 0 Å². The highest BCUT2D eigenvalue weighted by molar-refractivity contribution is 5.85. The van der Waals surface area contributed by atoms with Crippen molar-refractivity contribution >= 4 is 5.97 Å². The maximum Gasteiger partial charge on any atom is 0.354 e. The molecule has 1 atom stereocenters. The second-order valence-corrected chi connectivity index (χ2v) is 4.95. The summed E-state index contributed by atoms with van der Waals surface area (Å²) in [5.74, 6) is -0.982. The standard InChI is InChI=1S/C15H20N2O2/c1-11(12-6-3-2-4-7-12)16-10-13-8-5-9-14(17-13)15(18)19/h5-6,8-9,11,16H,2-4,7,10H2,1H3,(H,18,19). The number of nitrogens with one attached hydrogen (secondary N) is 1. The summed E-state index contributed by atoms with van der Waals surface area (Å²) >= 11 is 0. The van der Waals surface area contributed by atoms with Gasteiger partial charge in [0.1, 0.15) is 5.69 Å². The average Bonchev–Trinajstić information content (AvgIpc) is 2.46. The van der Waals surface area contributed by atoms with Crippen molar-refractivity contribution in [3.63, 3.8) is 0 Å². The van der Waals surface area contributed by atoms with E-state index in [0.717, 1.165) is 12.1 Å². The molecule has 0 amide bonds. The average molecular weight is 260 g/mol. The van der Waals surface area contributed by atoms with Gasteiger partial charge in [-0.1, -0.05) is 17.7 Å². The van der Waals surface area contributed by atoms with E-state index in [1.54, 1.807) is 6.07 Å². The first kappa shape index (κ1) is 13.7. The Morgan fingerprint density at radius 3 is 3.00 bits per heavy atom. The fourth-order valence-corrected chi connectivity index (χ4v) is 2.34. The van der Waals surface area contributed by atoms with Crippen molar-refractivity contribution in [2.45, 2.75) is 45.2 Å². The van der Waals surface area contributed by atoms with E-state index in [4.69, 9.17) is 5.11 Å². The topological polar surface area (TPSA) is 62.2 Å². The van der Waals surface area contributed by atoms with Crippen LogP contribution in [0.15, 0.2) is 29.8 Å². The van der Waals surface area contributed by atoms with E-state index in [0.29, 0.717) is 12.6 Å². The van der Waals surface area contributed by atoms with Crippen molar-refractivity contribution in [3.8, 4) is 0 Å². The summed E-state index contributed by atoms with van der Waals surface area (Å²) in [7, 11) is 0. The maximum atomic E-state index is 10.8. The zero-order valence-corrected chi connectivity index (χ0v) is 11.2. The minimum Gasteiger partial charge on any atom is -0.477 e. The molecule has 1 aliphatic carbocycles. The molecule has 0 aliphatic heterocycles. The number of carboxylic acid groups (broad SMARTS) is 1. The Hall–Kier alpha value is -1.68. The zero-order valence-electron chi connectivity index (χ0n) is 11.2. The molecule has 0 aromatic carbocycles. The van der Waals surface area contributed by atoms with Gasteiger partial charge in [-0.15, -0.1) is 0 Å². The van der Waals surface area contributed by atoms with Crippen LogP contribution in [0.5, 0.6) is 0 Å². The number of pyridine rings is 1. The van der Waals surface area contributed by atoms with E-state index in [1.165, 1.54) is 30.9 Å². The molecule has 4 nitrogen and oxygen atoms in total. The van der Waals surface area contributed by atoms with Crippen LogP contribution in [0.2, 0.25) is 0 Å². The van der Waals surface area contributed by atoms with E-state index in [-0.39, 0.29) is 5.69 Å². The molecule has 1 unspecified atom stereocenters.